The number of carbonyl (C=O) groups excluding carboxylic acids is 2. The molecule has 2 heterocycles. The van der Waals surface area contributed by atoms with Crippen molar-refractivity contribution in [2.24, 2.45) is 11.7 Å². The lowest BCUT2D eigenvalue weighted by Crippen LogP contribution is -2.41. The fraction of sp³-hybridized carbons (Fsp3) is 0.381. The van der Waals surface area contributed by atoms with Crippen molar-refractivity contribution in [2.75, 3.05) is 18.1 Å². The molecule has 4 N–H and O–H groups in total. The first-order valence-corrected chi connectivity index (χ1v) is 9.93. The molecule has 2 amide bonds. The summed E-state index contributed by atoms with van der Waals surface area (Å²) in [6.45, 7) is 5.17. The van der Waals surface area contributed by atoms with E-state index in [0.717, 1.165) is 24.1 Å². The Balaban J connectivity index is 1.74. The van der Waals surface area contributed by atoms with Gasteiger partial charge >= 0.3 is 0 Å². The Morgan fingerprint density at radius 1 is 1.27 bits per heavy atom. The number of amides is 2. The van der Waals surface area contributed by atoms with E-state index in [9.17, 15) is 9.59 Å². The summed E-state index contributed by atoms with van der Waals surface area (Å²) in [7, 11) is 0. The molecule has 0 fully saturated rings. The third-order valence-corrected chi connectivity index (χ3v) is 5.19. The van der Waals surface area contributed by atoms with Gasteiger partial charge in [0.1, 0.15) is 29.3 Å². The Morgan fingerprint density at radius 3 is 2.70 bits per heavy atom. The topological polar surface area (TPSA) is 134 Å². The largest absolute Gasteiger partial charge is 0.482 e. The van der Waals surface area contributed by atoms with Gasteiger partial charge in [0.25, 0.3) is 11.8 Å². The molecule has 1 aromatic heterocycles. The zero-order valence-electron chi connectivity index (χ0n) is 17.1. The number of carbonyl (C=O) groups is 2. The van der Waals surface area contributed by atoms with E-state index in [2.05, 4.69) is 29.1 Å². The van der Waals surface area contributed by atoms with Crippen LogP contribution in [-0.2, 0) is 11.3 Å². The Labute approximate surface area is 175 Å². The van der Waals surface area contributed by atoms with Crippen LogP contribution in [0.5, 0.6) is 5.75 Å². The number of anilines is 1. The van der Waals surface area contributed by atoms with Gasteiger partial charge in [0.2, 0.25) is 0 Å². The maximum Gasteiger partial charge on any atom is 0.270 e. The molecule has 1 aromatic carbocycles. The number of benzene rings is 1. The molecule has 30 heavy (non-hydrogen) atoms. The van der Waals surface area contributed by atoms with Crippen molar-refractivity contribution < 1.29 is 14.3 Å². The number of rotatable bonds is 8. The van der Waals surface area contributed by atoms with Gasteiger partial charge in [0.05, 0.1) is 5.69 Å². The van der Waals surface area contributed by atoms with Gasteiger partial charge in [-0.3, -0.25) is 15.0 Å². The maximum atomic E-state index is 12.5. The van der Waals surface area contributed by atoms with Gasteiger partial charge in [-0.05, 0) is 29.7 Å². The lowest BCUT2D eigenvalue weighted by Gasteiger charge is -2.32. The van der Waals surface area contributed by atoms with E-state index >= 15 is 0 Å². The molecule has 0 atom stereocenters. The van der Waals surface area contributed by atoms with Gasteiger partial charge in [-0.25, -0.2) is 9.97 Å². The molecule has 0 radical (unpaired) electrons. The quantitative estimate of drug-likeness (QED) is 0.449. The van der Waals surface area contributed by atoms with Crippen LogP contribution in [0.3, 0.4) is 0 Å². The summed E-state index contributed by atoms with van der Waals surface area (Å²) in [5.41, 5.74) is 7.28. The zero-order chi connectivity index (χ0) is 21.7. The first-order chi connectivity index (χ1) is 14.4. The summed E-state index contributed by atoms with van der Waals surface area (Å²) in [4.78, 5) is 34.4. The smallest absolute Gasteiger partial charge is 0.270 e. The molecule has 0 spiro atoms. The molecule has 0 bridgehead atoms. The molecule has 9 nitrogen and oxygen atoms in total. The van der Waals surface area contributed by atoms with Crippen molar-refractivity contribution in [3.05, 3.63) is 47.5 Å². The fourth-order valence-electron chi connectivity index (χ4n) is 3.26. The number of nitrogen functional groups attached to an aromatic ring is 1. The normalized spacial score (nSPS) is 13.0. The summed E-state index contributed by atoms with van der Waals surface area (Å²) in [6.07, 6.45) is 3.18. The Hall–Kier alpha value is -3.49. The second kappa shape index (κ2) is 9.34. The molecule has 1 aliphatic heterocycles. The van der Waals surface area contributed by atoms with E-state index in [0.29, 0.717) is 18.2 Å². The highest BCUT2D eigenvalue weighted by atomic mass is 16.5. The Bertz CT molecular complexity index is 958. The minimum absolute atomic E-state index is 0.0371. The number of aromatic nitrogens is 2. The number of hydrogen-bond acceptors (Lipinski definition) is 6. The van der Waals surface area contributed by atoms with Crippen LogP contribution in [0.2, 0.25) is 0 Å². The number of nitrogens with two attached hydrogens (primary N) is 1. The summed E-state index contributed by atoms with van der Waals surface area (Å²) in [6, 6.07) is 6.91. The van der Waals surface area contributed by atoms with Gasteiger partial charge in [-0.1, -0.05) is 32.8 Å². The summed E-state index contributed by atoms with van der Waals surface area (Å²) in [5, 5.41) is 10.2. The van der Waals surface area contributed by atoms with E-state index in [1.165, 1.54) is 12.4 Å². The molecule has 3 rings (SSSR count). The van der Waals surface area contributed by atoms with Crippen LogP contribution in [-0.4, -0.2) is 40.8 Å². The molecule has 1 aliphatic rings. The van der Waals surface area contributed by atoms with Crippen molar-refractivity contribution in [3.8, 4) is 5.75 Å². The van der Waals surface area contributed by atoms with Crippen LogP contribution in [0.25, 0.3) is 0 Å². The molecule has 2 aromatic rings. The Kier molecular flexibility index (Phi) is 6.61. The second-order valence-electron chi connectivity index (χ2n) is 7.16. The highest BCUT2D eigenvalue weighted by Gasteiger charge is 2.27. The predicted molar refractivity (Wildman–Crippen MR) is 113 cm³/mol. The van der Waals surface area contributed by atoms with Crippen molar-refractivity contribution in [2.45, 2.75) is 33.2 Å². The third kappa shape index (κ3) is 4.73. The van der Waals surface area contributed by atoms with E-state index in [-0.39, 0.29) is 36.3 Å². The summed E-state index contributed by atoms with van der Waals surface area (Å²) >= 11 is 0. The molecule has 0 saturated heterocycles. The van der Waals surface area contributed by atoms with E-state index < -0.39 is 5.91 Å². The van der Waals surface area contributed by atoms with Crippen LogP contribution in [0.4, 0.5) is 5.69 Å². The number of nitrogens with zero attached hydrogens (tertiary/aromatic N) is 3. The number of ether oxygens (including phenoxy) is 1. The van der Waals surface area contributed by atoms with Crippen LogP contribution < -0.4 is 20.7 Å². The van der Waals surface area contributed by atoms with Crippen LogP contribution in [0.1, 0.15) is 48.4 Å². The lowest BCUT2D eigenvalue weighted by molar-refractivity contribution is -0.121. The summed E-state index contributed by atoms with van der Waals surface area (Å²) < 4.78 is 5.57. The highest BCUT2D eigenvalue weighted by molar-refractivity contribution is 5.98. The second-order valence-corrected chi connectivity index (χ2v) is 7.16. The number of hydrogen-bond donors (Lipinski definition) is 3. The van der Waals surface area contributed by atoms with E-state index in [1.807, 2.05) is 18.2 Å². The molecular formula is C21H26N6O3. The first-order valence-electron chi connectivity index (χ1n) is 9.93. The zero-order valence-corrected chi connectivity index (χ0v) is 17.1. The van der Waals surface area contributed by atoms with Crippen molar-refractivity contribution >= 4 is 23.3 Å². The molecule has 158 valence electrons. The standard InChI is InChI=1S/C21H26N6O3/c1-3-13(4-2)10-27-17-7-14(5-6-18(17)30-11-19(27)28)9-24-21(29)16-8-15(20(22)23)25-12-26-16/h5-8,12-13H,3-4,9-11H2,1-2H3,(H3,22,23)(H,24,29). The van der Waals surface area contributed by atoms with Crippen LogP contribution in [0.15, 0.2) is 30.6 Å². The van der Waals surface area contributed by atoms with E-state index in [1.54, 1.807) is 4.90 Å². The van der Waals surface area contributed by atoms with Crippen LogP contribution in [0, 0.1) is 11.3 Å². The van der Waals surface area contributed by atoms with Gasteiger partial charge in [-0.2, -0.15) is 0 Å². The van der Waals surface area contributed by atoms with Gasteiger partial charge in [0, 0.05) is 13.1 Å². The monoisotopic (exact) mass is 410 g/mol. The van der Waals surface area contributed by atoms with Crippen molar-refractivity contribution in [3.63, 3.8) is 0 Å². The van der Waals surface area contributed by atoms with Gasteiger partial charge in [0.15, 0.2) is 6.61 Å². The number of amidine groups is 1. The minimum atomic E-state index is -0.404. The molecule has 9 heteroatoms. The SMILES string of the molecule is CCC(CC)CN1C(=O)COc2ccc(CNC(=O)c3cc(C(=N)N)ncn3)cc21. The van der Waals surface area contributed by atoms with Crippen molar-refractivity contribution in [1.29, 1.82) is 5.41 Å². The van der Waals surface area contributed by atoms with E-state index in [4.69, 9.17) is 15.9 Å². The van der Waals surface area contributed by atoms with Crippen molar-refractivity contribution in [1.82, 2.24) is 15.3 Å². The number of nitrogens with one attached hydrogen (secondary N) is 2. The molecular weight excluding hydrogens is 384 g/mol. The average molecular weight is 410 g/mol. The average Bonchev–Trinajstić information content (AvgIpc) is 2.77. The molecule has 0 aliphatic carbocycles. The predicted octanol–water partition coefficient (Wildman–Crippen LogP) is 1.85. The lowest BCUT2D eigenvalue weighted by atomic mass is 10.0. The van der Waals surface area contributed by atoms with Gasteiger partial charge in [-0.15, -0.1) is 0 Å². The Morgan fingerprint density at radius 2 is 2.00 bits per heavy atom. The summed E-state index contributed by atoms with van der Waals surface area (Å²) in [5.74, 6) is 0.379. The number of fused-ring (bicyclic) bond motifs is 1. The maximum absolute atomic E-state index is 12.5. The molecule has 0 unspecified atom stereocenters. The van der Waals surface area contributed by atoms with Crippen LogP contribution >= 0.6 is 0 Å². The first kappa shape index (κ1) is 21.2. The fourth-order valence-corrected chi connectivity index (χ4v) is 3.26. The van der Waals surface area contributed by atoms with Gasteiger partial charge < -0.3 is 20.7 Å². The molecule has 0 saturated carbocycles. The minimum Gasteiger partial charge on any atom is -0.482 e. The highest BCUT2D eigenvalue weighted by Crippen LogP contribution is 2.34. The third-order valence-electron chi connectivity index (χ3n) is 5.19.